The highest BCUT2D eigenvalue weighted by atomic mass is 79.9. The summed E-state index contributed by atoms with van der Waals surface area (Å²) in [5.74, 6) is 1.26. The minimum absolute atomic E-state index is 0.299. The van der Waals surface area contributed by atoms with Gasteiger partial charge in [0, 0.05) is 0 Å². The molecule has 0 saturated heterocycles. The molecule has 0 radical (unpaired) electrons. The first-order valence-electron chi connectivity index (χ1n) is 6.07. The summed E-state index contributed by atoms with van der Waals surface area (Å²) in [7, 11) is 3.16. The highest BCUT2D eigenvalue weighted by Gasteiger charge is 2.30. The van der Waals surface area contributed by atoms with Crippen LogP contribution in [0.25, 0.3) is 0 Å². The number of methoxy groups -OCH3 is 2. The van der Waals surface area contributed by atoms with Crippen molar-refractivity contribution >= 4 is 15.9 Å². The van der Waals surface area contributed by atoms with E-state index < -0.39 is 12.1 Å². The molecule has 0 amide bonds. The zero-order valence-electron chi connectivity index (χ0n) is 12.0. The SMILES string of the molecule is COc1cc([C@@H](N)[C@@H](O)C(C)(C)C)cc(OC)c1Br. The van der Waals surface area contributed by atoms with E-state index in [2.05, 4.69) is 15.9 Å². The Morgan fingerprint density at radius 3 is 1.89 bits per heavy atom. The van der Waals surface area contributed by atoms with Gasteiger partial charge in [0.1, 0.15) is 16.0 Å². The molecule has 0 aliphatic rings. The van der Waals surface area contributed by atoms with Crippen molar-refractivity contribution < 1.29 is 14.6 Å². The Morgan fingerprint density at radius 1 is 1.16 bits per heavy atom. The minimum Gasteiger partial charge on any atom is -0.495 e. The quantitative estimate of drug-likeness (QED) is 0.890. The van der Waals surface area contributed by atoms with Gasteiger partial charge in [-0.3, -0.25) is 0 Å². The Hall–Kier alpha value is -0.780. The van der Waals surface area contributed by atoms with Crippen LogP contribution in [-0.4, -0.2) is 25.4 Å². The fraction of sp³-hybridized carbons (Fsp3) is 0.571. The predicted molar refractivity (Wildman–Crippen MR) is 79.6 cm³/mol. The van der Waals surface area contributed by atoms with Crippen LogP contribution in [-0.2, 0) is 0 Å². The van der Waals surface area contributed by atoms with Crippen LogP contribution >= 0.6 is 15.9 Å². The number of ether oxygens (including phenoxy) is 2. The Morgan fingerprint density at radius 2 is 1.58 bits per heavy atom. The van der Waals surface area contributed by atoms with Crippen molar-refractivity contribution in [3.8, 4) is 11.5 Å². The fourth-order valence-corrected chi connectivity index (χ4v) is 2.36. The number of nitrogens with two attached hydrogens (primary N) is 1. The number of hydrogen-bond donors (Lipinski definition) is 2. The Balaban J connectivity index is 3.20. The lowest BCUT2D eigenvalue weighted by atomic mass is 9.82. The summed E-state index contributed by atoms with van der Waals surface area (Å²) in [6, 6.07) is 3.12. The van der Waals surface area contributed by atoms with Crippen molar-refractivity contribution in [3.63, 3.8) is 0 Å². The second-order valence-electron chi connectivity index (χ2n) is 5.58. The van der Waals surface area contributed by atoms with Crippen LogP contribution in [0.3, 0.4) is 0 Å². The monoisotopic (exact) mass is 331 g/mol. The number of benzene rings is 1. The molecule has 108 valence electrons. The topological polar surface area (TPSA) is 64.7 Å². The molecule has 3 N–H and O–H groups in total. The lowest BCUT2D eigenvalue weighted by molar-refractivity contribution is 0.0400. The molecule has 4 nitrogen and oxygen atoms in total. The van der Waals surface area contributed by atoms with Crippen molar-refractivity contribution in [2.75, 3.05) is 14.2 Å². The normalized spacial score (nSPS) is 14.9. The van der Waals surface area contributed by atoms with Gasteiger partial charge in [-0.25, -0.2) is 0 Å². The fourth-order valence-electron chi connectivity index (χ4n) is 1.80. The molecule has 1 aromatic carbocycles. The summed E-state index contributed by atoms with van der Waals surface area (Å²) in [6.07, 6.45) is -0.664. The summed E-state index contributed by atoms with van der Waals surface area (Å²) in [6.45, 7) is 5.85. The number of aliphatic hydroxyl groups excluding tert-OH is 1. The maximum atomic E-state index is 10.3. The van der Waals surface area contributed by atoms with E-state index in [1.165, 1.54) is 0 Å². The van der Waals surface area contributed by atoms with Gasteiger partial charge in [-0.05, 0) is 39.0 Å². The van der Waals surface area contributed by atoms with Crippen LogP contribution in [0.5, 0.6) is 11.5 Å². The average molecular weight is 332 g/mol. The number of halogens is 1. The maximum absolute atomic E-state index is 10.3. The maximum Gasteiger partial charge on any atom is 0.137 e. The summed E-state index contributed by atoms with van der Waals surface area (Å²) < 4.78 is 11.3. The second-order valence-corrected chi connectivity index (χ2v) is 6.37. The number of aliphatic hydroxyl groups is 1. The molecule has 0 aliphatic carbocycles. The Bertz CT molecular complexity index is 418. The largest absolute Gasteiger partial charge is 0.495 e. The van der Waals surface area contributed by atoms with Crippen LogP contribution in [0, 0.1) is 5.41 Å². The van der Waals surface area contributed by atoms with Gasteiger partial charge in [0.25, 0.3) is 0 Å². The van der Waals surface area contributed by atoms with E-state index >= 15 is 0 Å². The molecule has 0 bridgehead atoms. The van der Waals surface area contributed by atoms with Gasteiger partial charge in [0.2, 0.25) is 0 Å². The predicted octanol–water partition coefficient (Wildman–Crippen LogP) is 2.87. The molecule has 5 heteroatoms. The Labute approximate surface area is 123 Å². The molecule has 0 aromatic heterocycles. The average Bonchev–Trinajstić information content (AvgIpc) is 2.36. The van der Waals surface area contributed by atoms with Gasteiger partial charge < -0.3 is 20.3 Å². The van der Waals surface area contributed by atoms with Crippen LogP contribution in [0.15, 0.2) is 16.6 Å². The molecule has 0 aliphatic heterocycles. The van der Waals surface area contributed by atoms with Crippen LogP contribution < -0.4 is 15.2 Å². The van der Waals surface area contributed by atoms with E-state index in [1.807, 2.05) is 32.9 Å². The molecule has 0 heterocycles. The standard InChI is InChI=1S/C14H22BrNO3/c1-14(2,3)13(17)12(16)8-6-9(18-4)11(15)10(7-8)19-5/h6-7,12-13,17H,16H2,1-5H3/t12-,13-/m1/s1. The lowest BCUT2D eigenvalue weighted by Gasteiger charge is -2.31. The molecule has 0 saturated carbocycles. The van der Waals surface area contributed by atoms with E-state index in [-0.39, 0.29) is 5.41 Å². The molecule has 1 aromatic rings. The van der Waals surface area contributed by atoms with E-state index in [4.69, 9.17) is 15.2 Å². The molecule has 2 atom stereocenters. The van der Waals surface area contributed by atoms with Gasteiger partial charge in [0.15, 0.2) is 0 Å². The molecular weight excluding hydrogens is 310 g/mol. The summed E-state index contributed by atoms with van der Waals surface area (Å²) >= 11 is 3.41. The molecule has 0 unspecified atom stereocenters. The van der Waals surface area contributed by atoms with Crippen molar-refractivity contribution in [1.82, 2.24) is 0 Å². The first-order chi connectivity index (χ1) is 8.72. The van der Waals surface area contributed by atoms with E-state index in [9.17, 15) is 5.11 Å². The van der Waals surface area contributed by atoms with Gasteiger partial charge in [-0.15, -0.1) is 0 Å². The first-order valence-corrected chi connectivity index (χ1v) is 6.86. The second kappa shape index (κ2) is 6.11. The van der Waals surface area contributed by atoms with Gasteiger partial charge >= 0.3 is 0 Å². The Kier molecular flexibility index (Phi) is 5.24. The lowest BCUT2D eigenvalue weighted by Crippen LogP contribution is -2.37. The third-order valence-electron chi connectivity index (χ3n) is 3.08. The highest BCUT2D eigenvalue weighted by molar-refractivity contribution is 9.10. The van der Waals surface area contributed by atoms with Crippen LogP contribution in [0.1, 0.15) is 32.4 Å². The molecule has 0 spiro atoms. The molecule has 0 fully saturated rings. The summed E-state index contributed by atoms with van der Waals surface area (Å²) in [4.78, 5) is 0. The highest BCUT2D eigenvalue weighted by Crippen LogP contribution is 2.38. The van der Waals surface area contributed by atoms with Crippen molar-refractivity contribution in [2.45, 2.75) is 32.9 Å². The van der Waals surface area contributed by atoms with Crippen LogP contribution in [0.2, 0.25) is 0 Å². The number of hydrogen-bond acceptors (Lipinski definition) is 4. The van der Waals surface area contributed by atoms with Crippen molar-refractivity contribution in [3.05, 3.63) is 22.2 Å². The molecule has 1 rings (SSSR count). The van der Waals surface area contributed by atoms with Gasteiger partial charge in [-0.2, -0.15) is 0 Å². The molecule has 19 heavy (non-hydrogen) atoms. The smallest absolute Gasteiger partial charge is 0.137 e. The zero-order valence-corrected chi connectivity index (χ0v) is 13.6. The number of rotatable bonds is 4. The summed E-state index contributed by atoms with van der Waals surface area (Å²) in [5.41, 5.74) is 6.62. The minimum atomic E-state index is -0.664. The first kappa shape index (κ1) is 16.3. The van der Waals surface area contributed by atoms with Crippen LogP contribution in [0.4, 0.5) is 0 Å². The molecular formula is C14H22BrNO3. The van der Waals surface area contributed by atoms with Gasteiger partial charge in [0.05, 0.1) is 26.4 Å². The van der Waals surface area contributed by atoms with Crippen molar-refractivity contribution in [1.29, 1.82) is 0 Å². The van der Waals surface area contributed by atoms with E-state index in [1.54, 1.807) is 14.2 Å². The van der Waals surface area contributed by atoms with E-state index in [0.29, 0.717) is 11.5 Å². The van der Waals surface area contributed by atoms with Gasteiger partial charge in [-0.1, -0.05) is 20.8 Å². The van der Waals surface area contributed by atoms with Crippen molar-refractivity contribution in [2.24, 2.45) is 11.1 Å². The third kappa shape index (κ3) is 3.61. The zero-order chi connectivity index (χ0) is 14.8. The summed E-state index contributed by atoms with van der Waals surface area (Å²) in [5, 5.41) is 10.3. The van der Waals surface area contributed by atoms with E-state index in [0.717, 1.165) is 10.0 Å². The third-order valence-corrected chi connectivity index (χ3v) is 3.86.